The average Bonchev–Trinajstić information content (AvgIpc) is 2.70. The van der Waals surface area contributed by atoms with Crippen molar-refractivity contribution in [3.8, 4) is 5.69 Å². The number of rotatable bonds is 3. The number of hydrogen-bond donors (Lipinski definition) is 1. The van der Waals surface area contributed by atoms with Crippen molar-refractivity contribution in [2.24, 2.45) is 5.41 Å². The zero-order valence-corrected chi connectivity index (χ0v) is 12.5. The summed E-state index contributed by atoms with van der Waals surface area (Å²) in [6.07, 6.45) is 0.973. The molecular formula is C16H23N3. The summed E-state index contributed by atoms with van der Waals surface area (Å²) in [5.74, 6) is 1.03. The largest absolute Gasteiger partial charge is 0.373 e. The summed E-state index contributed by atoms with van der Waals surface area (Å²) in [7, 11) is 1.93. The number of aromatic nitrogens is 2. The Balaban J connectivity index is 2.37. The van der Waals surface area contributed by atoms with Crippen LogP contribution in [0.1, 0.15) is 32.0 Å². The van der Waals surface area contributed by atoms with Crippen molar-refractivity contribution in [3.63, 3.8) is 0 Å². The Labute approximate surface area is 115 Å². The van der Waals surface area contributed by atoms with Crippen molar-refractivity contribution in [1.29, 1.82) is 0 Å². The second-order valence-electron chi connectivity index (χ2n) is 6.26. The Hall–Kier alpha value is -1.77. The van der Waals surface area contributed by atoms with Gasteiger partial charge < -0.3 is 5.32 Å². The van der Waals surface area contributed by atoms with Crippen LogP contribution in [0.15, 0.2) is 30.3 Å². The van der Waals surface area contributed by atoms with Gasteiger partial charge in [0.05, 0.1) is 11.4 Å². The van der Waals surface area contributed by atoms with E-state index in [-0.39, 0.29) is 5.41 Å². The maximum Gasteiger partial charge on any atom is 0.129 e. The maximum absolute atomic E-state index is 4.72. The molecule has 0 saturated carbocycles. The van der Waals surface area contributed by atoms with Gasteiger partial charge in [-0.2, -0.15) is 5.10 Å². The number of benzene rings is 1. The fourth-order valence-corrected chi connectivity index (χ4v) is 2.12. The van der Waals surface area contributed by atoms with Gasteiger partial charge in [0.1, 0.15) is 5.82 Å². The minimum atomic E-state index is 0.247. The predicted molar refractivity (Wildman–Crippen MR) is 81.0 cm³/mol. The van der Waals surface area contributed by atoms with E-state index in [1.165, 1.54) is 5.56 Å². The number of aryl methyl sites for hydroxylation is 1. The van der Waals surface area contributed by atoms with E-state index in [9.17, 15) is 0 Å². The zero-order chi connectivity index (χ0) is 14.0. The highest BCUT2D eigenvalue weighted by molar-refractivity contribution is 5.46. The molecule has 19 heavy (non-hydrogen) atoms. The molecule has 0 bridgehead atoms. The van der Waals surface area contributed by atoms with Gasteiger partial charge in [-0.1, -0.05) is 38.5 Å². The second kappa shape index (κ2) is 5.08. The summed E-state index contributed by atoms with van der Waals surface area (Å²) in [4.78, 5) is 0. The van der Waals surface area contributed by atoms with Crippen LogP contribution >= 0.6 is 0 Å². The molecule has 0 amide bonds. The summed E-state index contributed by atoms with van der Waals surface area (Å²) in [5.41, 5.74) is 3.72. The normalized spacial score (nSPS) is 11.6. The lowest BCUT2D eigenvalue weighted by atomic mass is 9.91. The molecule has 0 unspecified atom stereocenters. The van der Waals surface area contributed by atoms with Crippen molar-refractivity contribution in [2.45, 2.75) is 34.1 Å². The van der Waals surface area contributed by atoms with Gasteiger partial charge in [-0.15, -0.1) is 0 Å². The Morgan fingerprint density at radius 3 is 2.32 bits per heavy atom. The lowest BCUT2D eigenvalue weighted by Gasteiger charge is -2.15. The highest BCUT2D eigenvalue weighted by atomic mass is 15.3. The van der Waals surface area contributed by atoms with E-state index in [1.807, 2.05) is 11.7 Å². The molecular weight excluding hydrogens is 234 g/mol. The third-order valence-electron chi connectivity index (χ3n) is 3.01. The zero-order valence-electron chi connectivity index (χ0n) is 12.5. The number of nitrogens with one attached hydrogen (secondary N) is 1. The van der Waals surface area contributed by atoms with Crippen molar-refractivity contribution in [3.05, 3.63) is 41.6 Å². The number of nitrogens with zero attached hydrogens (tertiary/aromatic N) is 2. The standard InChI is InChI=1S/C16H23N3/c1-12-6-8-14(9-7-12)19-15(17-5)10-13(18-19)11-16(2,3)4/h6-10,17H,11H2,1-5H3. The Morgan fingerprint density at radius 2 is 1.79 bits per heavy atom. The monoisotopic (exact) mass is 257 g/mol. The van der Waals surface area contributed by atoms with Gasteiger partial charge in [0, 0.05) is 13.1 Å². The van der Waals surface area contributed by atoms with Crippen LogP contribution < -0.4 is 5.32 Å². The van der Waals surface area contributed by atoms with Gasteiger partial charge in [0.2, 0.25) is 0 Å². The fourth-order valence-electron chi connectivity index (χ4n) is 2.12. The SMILES string of the molecule is CNc1cc(CC(C)(C)C)nn1-c1ccc(C)cc1. The summed E-state index contributed by atoms with van der Waals surface area (Å²) >= 11 is 0. The maximum atomic E-state index is 4.72. The third kappa shape index (κ3) is 3.37. The molecule has 3 heteroatoms. The highest BCUT2D eigenvalue weighted by Gasteiger charge is 2.16. The van der Waals surface area contributed by atoms with Crippen LogP contribution in [0.25, 0.3) is 5.69 Å². The summed E-state index contributed by atoms with van der Waals surface area (Å²) in [6, 6.07) is 10.6. The van der Waals surface area contributed by atoms with E-state index in [0.717, 1.165) is 23.6 Å². The molecule has 0 atom stereocenters. The smallest absolute Gasteiger partial charge is 0.129 e. The van der Waals surface area contributed by atoms with Gasteiger partial charge in [0.25, 0.3) is 0 Å². The minimum absolute atomic E-state index is 0.247. The van der Waals surface area contributed by atoms with Crippen molar-refractivity contribution in [1.82, 2.24) is 9.78 Å². The highest BCUT2D eigenvalue weighted by Crippen LogP contribution is 2.23. The molecule has 0 saturated heterocycles. The quantitative estimate of drug-likeness (QED) is 0.906. The van der Waals surface area contributed by atoms with E-state index in [2.05, 4.69) is 63.3 Å². The van der Waals surface area contributed by atoms with Crippen LogP contribution in [0.3, 0.4) is 0 Å². The topological polar surface area (TPSA) is 29.9 Å². The Kier molecular flexibility index (Phi) is 3.65. The molecule has 0 aliphatic carbocycles. The average molecular weight is 257 g/mol. The fraction of sp³-hybridized carbons (Fsp3) is 0.438. The first-order chi connectivity index (χ1) is 8.89. The Morgan fingerprint density at radius 1 is 1.16 bits per heavy atom. The molecule has 0 radical (unpaired) electrons. The summed E-state index contributed by atoms with van der Waals surface area (Å²) in [6.45, 7) is 8.79. The van der Waals surface area contributed by atoms with Gasteiger partial charge >= 0.3 is 0 Å². The summed E-state index contributed by atoms with van der Waals surface area (Å²) < 4.78 is 1.97. The molecule has 1 N–H and O–H groups in total. The first-order valence-electron chi connectivity index (χ1n) is 6.73. The van der Waals surface area contributed by atoms with Crippen LogP contribution in [-0.4, -0.2) is 16.8 Å². The van der Waals surface area contributed by atoms with Crippen molar-refractivity contribution in [2.75, 3.05) is 12.4 Å². The molecule has 102 valence electrons. The second-order valence-corrected chi connectivity index (χ2v) is 6.26. The first-order valence-corrected chi connectivity index (χ1v) is 6.73. The Bertz CT molecular complexity index is 544. The van der Waals surface area contributed by atoms with Crippen molar-refractivity contribution >= 4 is 5.82 Å². The molecule has 0 aliphatic rings. The van der Waals surface area contributed by atoms with Gasteiger partial charge in [0.15, 0.2) is 0 Å². The molecule has 0 aliphatic heterocycles. The van der Waals surface area contributed by atoms with Gasteiger partial charge in [-0.3, -0.25) is 0 Å². The number of anilines is 1. The molecule has 0 spiro atoms. The van der Waals surface area contributed by atoms with Crippen LogP contribution in [-0.2, 0) is 6.42 Å². The molecule has 1 aromatic carbocycles. The molecule has 1 heterocycles. The summed E-state index contributed by atoms with van der Waals surface area (Å²) in [5, 5.41) is 7.94. The first kappa shape index (κ1) is 13.7. The van der Waals surface area contributed by atoms with E-state index >= 15 is 0 Å². The lowest BCUT2D eigenvalue weighted by molar-refractivity contribution is 0.405. The molecule has 2 rings (SSSR count). The van der Waals surface area contributed by atoms with Crippen molar-refractivity contribution < 1.29 is 0 Å². The van der Waals surface area contributed by atoms with Crippen LogP contribution in [0.4, 0.5) is 5.82 Å². The van der Waals surface area contributed by atoms with Crippen LogP contribution in [0, 0.1) is 12.3 Å². The minimum Gasteiger partial charge on any atom is -0.373 e. The molecule has 3 nitrogen and oxygen atoms in total. The van der Waals surface area contributed by atoms with E-state index in [4.69, 9.17) is 5.10 Å². The van der Waals surface area contributed by atoms with E-state index in [0.29, 0.717) is 0 Å². The van der Waals surface area contributed by atoms with Gasteiger partial charge in [-0.25, -0.2) is 4.68 Å². The number of hydrogen-bond acceptors (Lipinski definition) is 2. The van der Waals surface area contributed by atoms with Crippen LogP contribution in [0.2, 0.25) is 0 Å². The lowest BCUT2D eigenvalue weighted by Crippen LogP contribution is -2.10. The molecule has 1 aromatic heterocycles. The van der Waals surface area contributed by atoms with Gasteiger partial charge in [-0.05, 0) is 30.9 Å². The third-order valence-corrected chi connectivity index (χ3v) is 3.01. The van der Waals surface area contributed by atoms with E-state index in [1.54, 1.807) is 0 Å². The molecule has 2 aromatic rings. The predicted octanol–water partition coefficient (Wildman–Crippen LogP) is 3.81. The van der Waals surface area contributed by atoms with Crippen LogP contribution in [0.5, 0.6) is 0 Å². The van der Waals surface area contributed by atoms with E-state index < -0.39 is 0 Å². The molecule has 0 fully saturated rings.